The van der Waals surface area contributed by atoms with Crippen molar-refractivity contribution in [3.63, 3.8) is 0 Å². The first-order chi connectivity index (χ1) is 13.1. The number of thiazole rings is 1. The first-order valence-electron chi connectivity index (χ1n) is 8.95. The lowest BCUT2D eigenvalue weighted by Crippen LogP contribution is -2.41. The van der Waals surface area contributed by atoms with Gasteiger partial charge in [-0.2, -0.15) is 5.26 Å². The van der Waals surface area contributed by atoms with Gasteiger partial charge >= 0.3 is 0 Å². The number of nitrogens with zero attached hydrogens (tertiary/aromatic N) is 3. The normalized spacial score (nSPS) is 14.6. The molecule has 3 rings (SSSR count). The number of hydrogen-bond acceptors (Lipinski definition) is 6. The van der Waals surface area contributed by atoms with Crippen LogP contribution in [0, 0.1) is 30.0 Å². The molecule has 1 fully saturated rings. The molecule has 0 atom stereocenters. The molecule has 1 aliphatic heterocycles. The van der Waals surface area contributed by atoms with Crippen molar-refractivity contribution in [2.75, 3.05) is 36.4 Å². The van der Waals surface area contributed by atoms with Crippen molar-refractivity contribution in [2.45, 2.75) is 19.8 Å². The number of piperidine rings is 1. The van der Waals surface area contributed by atoms with Crippen molar-refractivity contribution in [3.8, 4) is 6.07 Å². The van der Waals surface area contributed by atoms with Crippen molar-refractivity contribution in [1.29, 1.82) is 5.26 Å². The van der Waals surface area contributed by atoms with Gasteiger partial charge < -0.3 is 15.5 Å². The first-order valence-corrected chi connectivity index (χ1v) is 9.83. The number of halogens is 1. The molecule has 0 spiro atoms. The molecule has 142 valence electrons. The van der Waals surface area contributed by atoms with Gasteiger partial charge in [0.15, 0.2) is 5.13 Å². The largest absolute Gasteiger partial charge is 0.369 e. The van der Waals surface area contributed by atoms with Crippen LogP contribution in [0.4, 0.5) is 15.2 Å². The van der Waals surface area contributed by atoms with Crippen LogP contribution in [-0.4, -0.2) is 37.1 Å². The second kappa shape index (κ2) is 8.82. The minimum absolute atomic E-state index is 0.0482. The van der Waals surface area contributed by atoms with E-state index < -0.39 is 0 Å². The maximum atomic E-state index is 14.1. The van der Waals surface area contributed by atoms with Gasteiger partial charge in [0, 0.05) is 37.5 Å². The van der Waals surface area contributed by atoms with Gasteiger partial charge in [-0.25, -0.2) is 9.37 Å². The van der Waals surface area contributed by atoms with Crippen LogP contribution in [0.25, 0.3) is 0 Å². The Hall–Kier alpha value is -2.66. The molecule has 0 aliphatic carbocycles. The average molecular weight is 387 g/mol. The first kappa shape index (κ1) is 19.1. The number of rotatable bonds is 6. The number of carbonyl (C=O) groups is 1. The van der Waals surface area contributed by atoms with Gasteiger partial charge in [0.2, 0.25) is 5.91 Å². The molecule has 8 heteroatoms. The molecule has 27 heavy (non-hydrogen) atoms. The minimum Gasteiger partial charge on any atom is -0.369 e. The van der Waals surface area contributed by atoms with Crippen LogP contribution in [0.1, 0.15) is 24.1 Å². The smallest absolute Gasteiger partial charge is 0.223 e. The Bertz CT molecular complexity index is 839. The standard InChI is InChI=1S/C19H22FN5OS/c1-13-12-27-19(24-13)23-7-6-22-18(26)15-4-8-25(9-5-15)17-3-2-14(11-21)10-16(17)20/h2-3,10,12,15H,4-9H2,1H3,(H,22,26)(H,23,24). The van der Waals surface area contributed by atoms with Crippen LogP contribution in [0.15, 0.2) is 23.6 Å². The van der Waals surface area contributed by atoms with E-state index >= 15 is 0 Å². The van der Waals surface area contributed by atoms with Crippen molar-refractivity contribution in [3.05, 3.63) is 40.7 Å². The number of hydrogen-bond donors (Lipinski definition) is 2. The van der Waals surface area contributed by atoms with Crippen molar-refractivity contribution >= 4 is 28.1 Å². The lowest BCUT2D eigenvalue weighted by molar-refractivity contribution is -0.125. The lowest BCUT2D eigenvalue weighted by atomic mass is 9.95. The number of nitriles is 1. The summed E-state index contributed by atoms with van der Waals surface area (Å²) < 4.78 is 14.1. The average Bonchev–Trinajstić information content (AvgIpc) is 3.10. The van der Waals surface area contributed by atoms with Gasteiger partial charge in [-0.3, -0.25) is 4.79 Å². The zero-order valence-electron chi connectivity index (χ0n) is 15.2. The summed E-state index contributed by atoms with van der Waals surface area (Å²) >= 11 is 1.55. The van der Waals surface area contributed by atoms with Gasteiger partial charge in [0.25, 0.3) is 0 Å². The SMILES string of the molecule is Cc1csc(NCCNC(=O)C2CCN(c3ccc(C#N)cc3F)CC2)n1. The highest BCUT2D eigenvalue weighted by atomic mass is 32.1. The fourth-order valence-corrected chi connectivity index (χ4v) is 3.87. The molecule has 1 amide bonds. The van der Waals surface area contributed by atoms with Crippen LogP contribution in [0.3, 0.4) is 0 Å². The van der Waals surface area contributed by atoms with E-state index in [1.165, 1.54) is 6.07 Å². The summed E-state index contributed by atoms with van der Waals surface area (Å²) in [5, 5.41) is 17.8. The van der Waals surface area contributed by atoms with Gasteiger partial charge in [-0.1, -0.05) is 0 Å². The number of carbonyl (C=O) groups excluding carboxylic acids is 1. The van der Waals surface area contributed by atoms with E-state index in [-0.39, 0.29) is 17.6 Å². The molecule has 0 bridgehead atoms. The molecular weight excluding hydrogens is 365 g/mol. The predicted molar refractivity (Wildman–Crippen MR) is 104 cm³/mol. The fraction of sp³-hybridized carbons (Fsp3) is 0.421. The Labute approximate surface area is 162 Å². The summed E-state index contributed by atoms with van der Waals surface area (Å²) in [5.41, 5.74) is 1.79. The van der Waals surface area contributed by atoms with E-state index in [0.717, 1.165) is 10.8 Å². The zero-order chi connectivity index (χ0) is 19.2. The summed E-state index contributed by atoms with van der Waals surface area (Å²) in [4.78, 5) is 18.6. The molecule has 6 nitrogen and oxygen atoms in total. The number of anilines is 2. The van der Waals surface area contributed by atoms with Crippen LogP contribution in [-0.2, 0) is 4.79 Å². The number of aromatic nitrogens is 1. The molecule has 0 saturated carbocycles. The summed E-state index contributed by atoms with van der Waals surface area (Å²) in [6.07, 6.45) is 1.37. The molecule has 2 aromatic rings. The summed E-state index contributed by atoms with van der Waals surface area (Å²) in [5.74, 6) is -0.391. The number of nitrogens with one attached hydrogen (secondary N) is 2. The molecule has 1 aromatic heterocycles. The van der Waals surface area contributed by atoms with Crippen molar-refractivity contribution in [1.82, 2.24) is 10.3 Å². The number of benzene rings is 1. The highest BCUT2D eigenvalue weighted by Gasteiger charge is 2.26. The Morgan fingerprint density at radius 3 is 2.81 bits per heavy atom. The van der Waals surface area contributed by atoms with Crippen LogP contribution in [0.2, 0.25) is 0 Å². The lowest BCUT2D eigenvalue weighted by Gasteiger charge is -2.33. The Balaban J connectivity index is 1.42. The Morgan fingerprint density at radius 2 is 2.19 bits per heavy atom. The predicted octanol–water partition coefficient (Wildman–Crippen LogP) is 2.91. The monoisotopic (exact) mass is 387 g/mol. The molecular formula is C19H22FN5OS. The molecule has 1 saturated heterocycles. The molecule has 2 heterocycles. The Kier molecular flexibility index (Phi) is 6.24. The number of aryl methyl sites for hydroxylation is 1. The summed E-state index contributed by atoms with van der Waals surface area (Å²) in [6, 6.07) is 6.45. The van der Waals surface area contributed by atoms with E-state index in [1.54, 1.807) is 23.5 Å². The molecule has 1 aromatic carbocycles. The molecule has 1 aliphatic rings. The maximum Gasteiger partial charge on any atom is 0.223 e. The van der Waals surface area contributed by atoms with E-state index in [0.29, 0.717) is 50.3 Å². The van der Waals surface area contributed by atoms with E-state index in [4.69, 9.17) is 5.26 Å². The topological polar surface area (TPSA) is 81.0 Å². The zero-order valence-corrected chi connectivity index (χ0v) is 16.0. The van der Waals surface area contributed by atoms with Crippen molar-refractivity contribution < 1.29 is 9.18 Å². The quantitative estimate of drug-likeness (QED) is 0.745. The van der Waals surface area contributed by atoms with E-state index in [1.807, 2.05) is 23.3 Å². The third kappa shape index (κ3) is 4.95. The van der Waals surface area contributed by atoms with Crippen LogP contribution >= 0.6 is 11.3 Å². The molecule has 0 unspecified atom stereocenters. The summed E-state index contributed by atoms with van der Waals surface area (Å²) in [6.45, 7) is 4.37. The fourth-order valence-electron chi connectivity index (χ4n) is 3.15. The van der Waals surface area contributed by atoms with E-state index in [2.05, 4.69) is 15.6 Å². The van der Waals surface area contributed by atoms with Crippen LogP contribution in [0.5, 0.6) is 0 Å². The maximum absolute atomic E-state index is 14.1. The second-order valence-corrected chi connectivity index (χ2v) is 7.41. The van der Waals surface area contributed by atoms with Gasteiger partial charge in [-0.05, 0) is 38.0 Å². The Morgan fingerprint density at radius 1 is 1.41 bits per heavy atom. The van der Waals surface area contributed by atoms with Crippen LogP contribution < -0.4 is 15.5 Å². The van der Waals surface area contributed by atoms with Gasteiger partial charge in [0.05, 0.1) is 23.0 Å². The minimum atomic E-state index is -0.388. The highest BCUT2D eigenvalue weighted by molar-refractivity contribution is 7.13. The third-order valence-electron chi connectivity index (χ3n) is 4.60. The van der Waals surface area contributed by atoms with Gasteiger partial charge in [-0.15, -0.1) is 11.3 Å². The second-order valence-electron chi connectivity index (χ2n) is 6.55. The summed E-state index contributed by atoms with van der Waals surface area (Å²) in [7, 11) is 0. The molecule has 2 N–H and O–H groups in total. The highest BCUT2D eigenvalue weighted by Crippen LogP contribution is 2.26. The van der Waals surface area contributed by atoms with Crippen molar-refractivity contribution in [2.24, 2.45) is 5.92 Å². The van der Waals surface area contributed by atoms with Gasteiger partial charge in [0.1, 0.15) is 5.82 Å². The number of amides is 1. The van der Waals surface area contributed by atoms with E-state index in [9.17, 15) is 9.18 Å². The molecule has 0 radical (unpaired) electrons. The third-order valence-corrected chi connectivity index (χ3v) is 5.52.